The van der Waals surface area contributed by atoms with Gasteiger partial charge in [-0.25, -0.2) is 16.8 Å². The molecular weight excluding hydrogens is 328 g/mol. The second kappa shape index (κ2) is 9.22. The van der Waals surface area contributed by atoms with Crippen molar-refractivity contribution in [2.24, 2.45) is 0 Å². The average molecular weight is 342 g/mol. The Balaban J connectivity index is -0.000000218. The van der Waals surface area contributed by atoms with Gasteiger partial charge in [-0.2, -0.15) is 0 Å². The van der Waals surface area contributed by atoms with Crippen LogP contribution in [0, 0.1) is 0 Å². The van der Waals surface area contributed by atoms with Gasteiger partial charge in [-0.1, -0.05) is 0 Å². The molecule has 0 heterocycles. The van der Waals surface area contributed by atoms with Crippen molar-refractivity contribution in [2.45, 2.75) is 26.1 Å². The Hall–Kier alpha value is 0.259. The molecule has 0 bridgehead atoms. The molecule has 17 heavy (non-hydrogen) atoms. The van der Waals surface area contributed by atoms with Gasteiger partial charge in [0.25, 0.3) is 0 Å². The standard InChI is InChI=1S/2C3H8O4S.Cu/c2*1-3(4)2-8(5,6)7;/h2*3-4H,2H2,1H3,(H,5,6,7);/q;;+2/p-2. The van der Waals surface area contributed by atoms with Crippen LogP contribution >= 0.6 is 0 Å². The van der Waals surface area contributed by atoms with Crippen LogP contribution < -0.4 is 0 Å². The maximum Gasteiger partial charge on any atom is 2.00 e. The Kier molecular flexibility index (Phi) is 12.2. The second-order valence-electron chi connectivity index (χ2n) is 3.15. The summed E-state index contributed by atoms with van der Waals surface area (Å²) in [6.45, 7) is 2.49. The third-order valence-corrected chi connectivity index (χ3v) is 2.67. The molecule has 109 valence electrons. The summed E-state index contributed by atoms with van der Waals surface area (Å²) in [5.74, 6) is -1.40. The summed E-state index contributed by atoms with van der Waals surface area (Å²) in [6.07, 6.45) is -2.12. The Labute approximate surface area is 111 Å². The number of hydrogen-bond acceptors (Lipinski definition) is 8. The van der Waals surface area contributed by atoms with E-state index in [1.54, 1.807) is 0 Å². The smallest absolute Gasteiger partial charge is 0.748 e. The van der Waals surface area contributed by atoms with Crippen LogP contribution in [0.25, 0.3) is 0 Å². The van der Waals surface area contributed by atoms with E-state index in [1.807, 2.05) is 0 Å². The van der Waals surface area contributed by atoms with Gasteiger partial charge in [-0.15, -0.1) is 0 Å². The molecule has 0 aromatic heterocycles. The van der Waals surface area contributed by atoms with E-state index in [-0.39, 0.29) is 17.1 Å². The van der Waals surface area contributed by atoms with E-state index >= 15 is 0 Å². The molecule has 0 aliphatic heterocycles. The van der Waals surface area contributed by atoms with Gasteiger partial charge in [0.2, 0.25) is 0 Å². The molecule has 11 heteroatoms. The van der Waals surface area contributed by atoms with Crippen molar-refractivity contribution >= 4 is 20.2 Å². The Morgan fingerprint density at radius 3 is 1.06 bits per heavy atom. The van der Waals surface area contributed by atoms with E-state index in [1.165, 1.54) is 13.8 Å². The molecule has 1 radical (unpaired) electrons. The van der Waals surface area contributed by atoms with Crippen LogP contribution in [0.15, 0.2) is 0 Å². The average Bonchev–Trinajstić information content (AvgIpc) is 1.72. The fourth-order valence-corrected chi connectivity index (χ4v) is 1.77. The molecule has 0 aliphatic rings. The molecule has 0 rings (SSSR count). The minimum absolute atomic E-state index is 0. The Bertz CT molecular complexity index is 333. The first-order chi connectivity index (χ1) is 6.83. The summed E-state index contributed by atoms with van der Waals surface area (Å²) in [6, 6.07) is 0. The molecule has 0 fully saturated rings. The predicted molar refractivity (Wildman–Crippen MR) is 52.5 cm³/mol. The van der Waals surface area contributed by atoms with Gasteiger partial charge in [0.05, 0.1) is 43.9 Å². The van der Waals surface area contributed by atoms with Crippen LogP contribution in [0.1, 0.15) is 13.8 Å². The molecule has 0 spiro atoms. The number of rotatable bonds is 4. The summed E-state index contributed by atoms with van der Waals surface area (Å²) >= 11 is 0. The molecular formula is C6H14CuO8S2. The van der Waals surface area contributed by atoms with Gasteiger partial charge >= 0.3 is 17.1 Å². The summed E-state index contributed by atoms with van der Waals surface area (Å²) in [7, 11) is -8.45. The molecule has 0 saturated carbocycles. The molecule has 8 nitrogen and oxygen atoms in total. The minimum atomic E-state index is -4.22. The molecule has 2 unspecified atom stereocenters. The third-order valence-electron chi connectivity index (χ3n) is 0.891. The van der Waals surface area contributed by atoms with Crippen molar-refractivity contribution in [2.75, 3.05) is 11.5 Å². The first kappa shape index (κ1) is 22.4. The van der Waals surface area contributed by atoms with E-state index in [4.69, 9.17) is 10.2 Å². The van der Waals surface area contributed by atoms with Crippen LogP contribution in [0.2, 0.25) is 0 Å². The van der Waals surface area contributed by atoms with Gasteiger partial charge < -0.3 is 19.3 Å². The largest absolute Gasteiger partial charge is 2.00 e. The van der Waals surface area contributed by atoms with Gasteiger partial charge in [0.1, 0.15) is 0 Å². The van der Waals surface area contributed by atoms with Crippen molar-refractivity contribution in [1.29, 1.82) is 0 Å². The molecule has 2 atom stereocenters. The second-order valence-corrected chi connectivity index (χ2v) is 6.04. The van der Waals surface area contributed by atoms with Crippen LogP contribution in [-0.4, -0.2) is 59.9 Å². The van der Waals surface area contributed by atoms with Crippen LogP contribution in [-0.2, 0) is 37.3 Å². The van der Waals surface area contributed by atoms with Crippen molar-refractivity contribution in [1.82, 2.24) is 0 Å². The molecule has 0 amide bonds. The quantitative estimate of drug-likeness (QED) is 0.432. The maximum absolute atomic E-state index is 9.73. The third kappa shape index (κ3) is 31.4. The summed E-state index contributed by atoms with van der Waals surface area (Å²) in [5.41, 5.74) is 0. The van der Waals surface area contributed by atoms with Crippen molar-refractivity contribution in [3.63, 3.8) is 0 Å². The zero-order valence-corrected chi connectivity index (χ0v) is 11.6. The maximum atomic E-state index is 9.73. The molecule has 0 saturated heterocycles. The zero-order chi connectivity index (χ0) is 13.6. The van der Waals surface area contributed by atoms with E-state index in [0.717, 1.165) is 0 Å². The van der Waals surface area contributed by atoms with E-state index in [2.05, 4.69) is 0 Å². The van der Waals surface area contributed by atoms with Crippen LogP contribution in [0.5, 0.6) is 0 Å². The summed E-state index contributed by atoms with van der Waals surface area (Å²) in [5, 5.41) is 16.6. The van der Waals surface area contributed by atoms with Crippen LogP contribution in [0.3, 0.4) is 0 Å². The predicted octanol–water partition coefficient (Wildman–Crippen LogP) is -2.18. The summed E-state index contributed by atoms with van der Waals surface area (Å²) < 4.78 is 58.4. The summed E-state index contributed by atoms with van der Waals surface area (Å²) in [4.78, 5) is 0. The van der Waals surface area contributed by atoms with Crippen molar-refractivity contribution in [3.05, 3.63) is 0 Å². The van der Waals surface area contributed by atoms with Gasteiger partial charge in [-0.05, 0) is 13.8 Å². The molecule has 0 aliphatic carbocycles. The van der Waals surface area contributed by atoms with Crippen LogP contribution in [0.4, 0.5) is 0 Å². The van der Waals surface area contributed by atoms with Gasteiger partial charge in [-0.3, -0.25) is 0 Å². The fourth-order valence-electron chi connectivity index (χ4n) is 0.591. The monoisotopic (exact) mass is 341 g/mol. The Morgan fingerprint density at radius 2 is 1.06 bits per heavy atom. The zero-order valence-electron chi connectivity index (χ0n) is 9.03. The number of aliphatic hydroxyl groups is 2. The first-order valence-electron chi connectivity index (χ1n) is 4.06. The van der Waals surface area contributed by atoms with E-state index < -0.39 is 43.9 Å². The minimum Gasteiger partial charge on any atom is -0.748 e. The fraction of sp³-hybridized carbons (Fsp3) is 1.00. The number of aliphatic hydroxyl groups excluding tert-OH is 2. The molecule has 0 aromatic rings. The first-order valence-corrected chi connectivity index (χ1v) is 7.22. The topological polar surface area (TPSA) is 155 Å². The molecule has 2 N–H and O–H groups in total. The molecule has 0 aromatic carbocycles. The normalized spacial score (nSPS) is 14.9. The van der Waals surface area contributed by atoms with Crippen molar-refractivity contribution < 1.29 is 53.2 Å². The number of hydrogen-bond donors (Lipinski definition) is 2. The van der Waals surface area contributed by atoms with E-state index in [0.29, 0.717) is 0 Å². The van der Waals surface area contributed by atoms with Crippen molar-refractivity contribution in [3.8, 4) is 0 Å². The van der Waals surface area contributed by atoms with Gasteiger partial charge in [0, 0.05) is 0 Å². The van der Waals surface area contributed by atoms with E-state index in [9.17, 15) is 25.9 Å². The van der Waals surface area contributed by atoms with Gasteiger partial charge in [0.15, 0.2) is 0 Å². The SMILES string of the molecule is CC(O)CS(=O)(=O)[O-].CC(O)CS(=O)(=O)[O-].[Cu+2]. The Morgan fingerprint density at radius 1 is 0.882 bits per heavy atom.